The standard InChI is InChI=1S/C26H35BN4O5/c1-2-21-18-31(26(32)35-21)20-9-7-19(8-10-20)30-14-12-29(13-15-30)11-4-16-34-23-6-3-5-22-24(17-28)36-27(33)25(22)23/h3,5-10,21,24,33H,2,4,11-18,28H2,1H3. The number of anilines is 2. The van der Waals surface area contributed by atoms with Crippen molar-refractivity contribution in [1.29, 1.82) is 0 Å². The molecule has 3 aliphatic rings. The molecule has 3 aliphatic heterocycles. The number of carbonyl (C=O) groups is 1. The van der Waals surface area contributed by atoms with Gasteiger partial charge in [-0.25, -0.2) is 4.79 Å². The molecule has 0 spiro atoms. The van der Waals surface area contributed by atoms with Gasteiger partial charge < -0.3 is 29.8 Å². The molecule has 2 aromatic carbocycles. The smallest absolute Gasteiger partial charge is 0.494 e. The first-order chi connectivity index (χ1) is 17.6. The van der Waals surface area contributed by atoms with Gasteiger partial charge in [-0.2, -0.15) is 0 Å². The highest BCUT2D eigenvalue weighted by molar-refractivity contribution is 6.62. The van der Waals surface area contributed by atoms with Gasteiger partial charge in [-0.15, -0.1) is 0 Å². The zero-order valence-corrected chi connectivity index (χ0v) is 20.8. The highest BCUT2D eigenvalue weighted by atomic mass is 16.6. The third-order valence-corrected chi connectivity index (χ3v) is 7.31. The summed E-state index contributed by atoms with van der Waals surface area (Å²) < 4.78 is 16.9. The maximum atomic E-state index is 12.1. The summed E-state index contributed by atoms with van der Waals surface area (Å²) in [7, 11) is -0.982. The molecule has 5 rings (SSSR count). The van der Waals surface area contributed by atoms with E-state index in [0.29, 0.717) is 30.9 Å². The van der Waals surface area contributed by atoms with Crippen LogP contribution in [0, 0.1) is 0 Å². The van der Waals surface area contributed by atoms with E-state index in [0.717, 1.165) is 56.8 Å². The fourth-order valence-electron chi connectivity index (χ4n) is 5.20. The molecule has 1 amide bonds. The molecule has 10 heteroatoms. The molecule has 192 valence electrons. The predicted molar refractivity (Wildman–Crippen MR) is 140 cm³/mol. The van der Waals surface area contributed by atoms with Crippen LogP contribution < -0.4 is 25.7 Å². The number of amides is 1. The van der Waals surface area contributed by atoms with Crippen molar-refractivity contribution in [3.05, 3.63) is 48.0 Å². The van der Waals surface area contributed by atoms with E-state index in [1.807, 2.05) is 37.3 Å². The lowest BCUT2D eigenvalue weighted by atomic mass is 9.78. The van der Waals surface area contributed by atoms with Gasteiger partial charge in [0.15, 0.2) is 0 Å². The summed E-state index contributed by atoms with van der Waals surface area (Å²) in [5.41, 5.74) is 9.44. The van der Waals surface area contributed by atoms with Crippen LogP contribution in [0.1, 0.15) is 31.4 Å². The SMILES string of the molecule is CCC1CN(c2ccc(N3CCN(CCCOc4cccc5c4B(O)OC5CN)CC3)cc2)C(=O)O1. The molecular formula is C26H35BN4O5. The molecule has 3 N–H and O–H groups in total. The number of piperazine rings is 1. The van der Waals surface area contributed by atoms with Crippen molar-refractivity contribution in [3.8, 4) is 5.75 Å². The van der Waals surface area contributed by atoms with Gasteiger partial charge in [-0.1, -0.05) is 19.1 Å². The van der Waals surface area contributed by atoms with Gasteiger partial charge in [0.25, 0.3) is 0 Å². The zero-order chi connectivity index (χ0) is 25.1. The number of rotatable bonds is 9. The van der Waals surface area contributed by atoms with Crippen LogP contribution in [0.15, 0.2) is 42.5 Å². The second-order valence-electron chi connectivity index (χ2n) is 9.54. The Morgan fingerprint density at radius 2 is 1.86 bits per heavy atom. The van der Waals surface area contributed by atoms with Crippen molar-refractivity contribution in [2.45, 2.75) is 32.0 Å². The van der Waals surface area contributed by atoms with Gasteiger partial charge in [0.2, 0.25) is 0 Å². The molecule has 2 unspecified atom stereocenters. The van der Waals surface area contributed by atoms with Crippen molar-refractivity contribution < 1.29 is 23.9 Å². The minimum absolute atomic E-state index is 0.0201. The van der Waals surface area contributed by atoms with E-state index in [1.165, 1.54) is 5.69 Å². The van der Waals surface area contributed by atoms with E-state index in [9.17, 15) is 9.82 Å². The zero-order valence-electron chi connectivity index (χ0n) is 20.8. The lowest BCUT2D eigenvalue weighted by Crippen LogP contribution is -2.46. The Morgan fingerprint density at radius 1 is 1.11 bits per heavy atom. The first-order valence-electron chi connectivity index (χ1n) is 12.9. The molecule has 0 aromatic heterocycles. The molecule has 3 heterocycles. The highest BCUT2D eigenvalue weighted by Crippen LogP contribution is 2.28. The van der Waals surface area contributed by atoms with Crippen LogP contribution in [0.2, 0.25) is 0 Å². The Hall–Kier alpha value is -2.79. The average molecular weight is 494 g/mol. The van der Waals surface area contributed by atoms with E-state index in [2.05, 4.69) is 21.9 Å². The summed E-state index contributed by atoms with van der Waals surface area (Å²) in [5.74, 6) is 0.677. The maximum Gasteiger partial charge on any atom is 0.495 e. The number of nitrogens with zero attached hydrogens (tertiary/aromatic N) is 3. The van der Waals surface area contributed by atoms with Crippen LogP contribution >= 0.6 is 0 Å². The molecule has 0 bridgehead atoms. The molecule has 0 radical (unpaired) electrons. The van der Waals surface area contributed by atoms with Gasteiger partial charge in [0.05, 0.1) is 19.3 Å². The van der Waals surface area contributed by atoms with Gasteiger partial charge in [0, 0.05) is 56.1 Å². The van der Waals surface area contributed by atoms with Crippen LogP contribution in [-0.2, 0) is 9.39 Å². The summed E-state index contributed by atoms with van der Waals surface area (Å²) >= 11 is 0. The summed E-state index contributed by atoms with van der Waals surface area (Å²) in [6, 6.07) is 13.9. The van der Waals surface area contributed by atoms with Crippen LogP contribution in [0.3, 0.4) is 0 Å². The van der Waals surface area contributed by atoms with Gasteiger partial charge in [-0.05, 0) is 48.7 Å². The summed E-state index contributed by atoms with van der Waals surface area (Å²) in [4.78, 5) is 18.7. The molecule has 36 heavy (non-hydrogen) atoms. The Balaban J connectivity index is 1.06. The molecule has 9 nitrogen and oxygen atoms in total. The second-order valence-corrected chi connectivity index (χ2v) is 9.54. The third-order valence-electron chi connectivity index (χ3n) is 7.31. The number of ether oxygens (including phenoxy) is 2. The Bertz CT molecular complexity index is 1050. The highest BCUT2D eigenvalue weighted by Gasteiger charge is 2.37. The van der Waals surface area contributed by atoms with Gasteiger partial charge in [0.1, 0.15) is 11.9 Å². The molecular weight excluding hydrogens is 459 g/mol. The van der Waals surface area contributed by atoms with Crippen molar-refractivity contribution in [2.75, 3.05) is 62.2 Å². The minimum atomic E-state index is -0.982. The lowest BCUT2D eigenvalue weighted by Gasteiger charge is -2.36. The number of fused-ring (bicyclic) bond motifs is 1. The number of cyclic esters (lactones) is 1. The Labute approximate surface area is 212 Å². The topological polar surface area (TPSA) is 101 Å². The monoisotopic (exact) mass is 494 g/mol. The summed E-state index contributed by atoms with van der Waals surface area (Å²) in [5, 5.41) is 10.3. The number of nitrogens with two attached hydrogens (primary N) is 1. The fraction of sp³-hybridized carbons (Fsp3) is 0.500. The van der Waals surface area contributed by atoms with E-state index in [1.54, 1.807) is 4.90 Å². The number of hydrogen-bond acceptors (Lipinski definition) is 8. The minimum Gasteiger partial charge on any atom is -0.494 e. The maximum absolute atomic E-state index is 12.1. The van der Waals surface area contributed by atoms with E-state index in [-0.39, 0.29) is 18.3 Å². The van der Waals surface area contributed by atoms with Crippen molar-refractivity contribution in [1.82, 2.24) is 4.90 Å². The summed E-state index contributed by atoms with van der Waals surface area (Å²) in [6.07, 6.45) is 1.18. The Morgan fingerprint density at radius 3 is 2.56 bits per heavy atom. The predicted octanol–water partition coefficient (Wildman–Crippen LogP) is 1.73. The molecule has 2 saturated heterocycles. The quantitative estimate of drug-likeness (QED) is 0.402. The normalized spacial score (nSPS) is 22.2. The van der Waals surface area contributed by atoms with Crippen LogP contribution in [0.4, 0.5) is 16.2 Å². The molecule has 2 fully saturated rings. The average Bonchev–Trinajstić information content (AvgIpc) is 3.46. The van der Waals surface area contributed by atoms with Gasteiger partial charge >= 0.3 is 13.2 Å². The number of carbonyl (C=O) groups excluding carboxylic acids is 1. The van der Waals surface area contributed by atoms with Crippen molar-refractivity contribution in [2.24, 2.45) is 5.73 Å². The van der Waals surface area contributed by atoms with E-state index >= 15 is 0 Å². The van der Waals surface area contributed by atoms with E-state index in [4.69, 9.17) is 19.9 Å². The number of hydrogen-bond donors (Lipinski definition) is 2. The summed E-state index contributed by atoms with van der Waals surface area (Å²) in [6.45, 7) is 8.42. The van der Waals surface area contributed by atoms with Crippen LogP contribution in [-0.4, -0.2) is 81.7 Å². The number of benzene rings is 2. The molecule has 2 atom stereocenters. The Kier molecular flexibility index (Phi) is 7.66. The largest absolute Gasteiger partial charge is 0.495 e. The molecule has 0 saturated carbocycles. The lowest BCUT2D eigenvalue weighted by molar-refractivity contribution is 0.139. The molecule has 2 aromatic rings. The van der Waals surface area contributed by atoms with Gasteiger partial charge in [-0.3, -0.25) is 9.80 Å². The second kappa shape index (κ2) is 11.1. The van der Waals surface area contributed by atoms with Crippen LogP contribution in [0.25, 0.3) is 0 Å². The first-order valence-corrected chi connectivity index (χ1v) is 12.9. The van der Waals surface area contributed by atoms with Crippen molar-refractivity contribution in [3.63, 3.8) is 0 Å². The van der Waals surface area contributed by atoms with Crippen molar-refractivity contribution >= 4 is 30.0 Å². The third kappa shape index (κ3) is 5.17. The fourth-order valence-corrected chi connectivity index (χ4v) is 5.20. The van der Waals surface area contributed by atoms with Crippen LogP contribution in [0.5, 0.6) is 5.75 Å². The van der Waals surface area contributed by atoms with E-state index < -0.39 is 7.12 Å². The first kappa shape index (κ1) is 24.9. The molecule has 0 aliphatic carbocycles.